The van der Waals surface area contributed by atoms with Crippen molar-refractivity contribution in [3.05, 3.63) is 35.4 Å². The Balaban J connectivity index is 1.96. The smallest absolute Gasteiger partial charge is 0.310 e. The Morgan fingerprint density at radius 2 is 1.97 bits per heavy atom. The second-order valence-electron chi connectivity index (χ2n) is 7.25. The van der Waals surface area contributed by atoms with Crippen molar-refractivity contribution in [1.29, 1.82) is 0 Å². The van der Waals surface area contributed by atoms with Crippen LogP contribution in [0.15, 0.2) is 29.3 Å². The molecule has 0 radical (unpaired) electrons. The Hall–Kier alpha value is -2.12. The van der Waals surface area contributed by atoms with Gasteiger partial charge in [-0.25, -0.2) is 4.99 Å². The molecule has 1 N–H and O–H groups in total. The summed E-state index contributed by atoms with van der Waals surface area (Å²) >= 11 is 0. The lowest BCUT2D eigenvalue weighted by molar-refractivity contribution is -0.145. The van der Waals surface area contributed by atoms with Crippen LogP contribution in [0, 0.1) is 11.8 Å². The van der Waals surface area contributed by atoms with Crippen molar-refractivity contribution >= 4 is 11.9 Å². The molecule has 1 aromatic rings. The summed E-state index contributed by atoms with van der Waals surface area (Å²) in [6.07, 6.45) is 0. The fourth-order valence-corrected chi connectivity index (χ4v) is 3.46. The molecule has 7 nitrogen and oxygen atoms in total. The number of hydrogen-bond acceptors (Lipinski definition) is 5. The van der Waals surface area contributed by atoms with Crippen LogP contribution in [0.1, 0.15) is 31.9 Å². The van der Waals surface area contributed by atoms with Gasteiger partial charge < -0.3 is 24.4 Å². The Kier molecular flexibility index (Phi) is 9.94. The predicted octanol–water partition coefficient (Wildman–Crippen LogP) is 2.45. The van der Waals surface area contributed by atoms with E-state index < -0.39 is 0 Å². The first-order valence-corrected chi connectivity index (χ1v) is 10.4. The van der Waals surface area contributed by atoms with Gasteiger partial charge in [-0.05, 0) is 30.9 Å². The molecule has 2 unspecified atom stereocenters. The van der Waals surface area contributed by atoms with E-state index in [1.807, 2.05) is 19.9 Å². The van der Waals surface area contributed by atoms with Gasteiger partial charge in [-0.1, -0.05) is 31.2 Å². The molecule has 1 aliphatic rings. The highest BCUT2D eigenvalue weighted by Crippen LogP contribution is 2.24. The maximum Gasteiger partial charge on any atom is 0.310 e. The van der Waals surface area contributed by atoms with E-state index in [4.69, 9.17) is 19.2 Å². The molecule has 0 bridgehead atoms. The van der Waals surface area contributed by atoms with E-state index in [0.717, 1.165) is 30.2 Å². The number of esters is 1. The largest absolute Gasteiger partial charge is 0.469 e. The molecule has 0 aromatic heterocycles. The van der Waals surface area contributed by atoms with Crippen molar-refractivity contribution in [2.45, 2.75) is 33.9 Å². The molecule has 2 atom stereocenters. The van der Waals surface area contributed by atoms with Crippen LogP contribution in [0.3, 0.4) is 0 Å². The van der Waals surface area contributed by atoms with Crippen LogP contribution in [-0.2, 0) is 32.2 Å². The topological polar surface area (TPSA) is 72.4 Å². The van der Waals surface area contributed by atoms with E-state index >= 15 is 0 Å². The summed E-state index contributed by atoms with van der Waals surface area (Å²) in [5.74, 6) is 0.821. The van der Waals surface area contributed by atoms with Crippen LogP contribution in [0.5, 0.6) is 0 Å². The molecule has 0 aliphatic carbocycles. The van der Waals surface area contributed by atoms with Crippen LogP contribution < -0.4 is 5.32 Å². The Morgan fingerprint density at radius 1 is 1.21 bits per heavy atom. The zero-order valence-corrected chi connectivity index (χ0v) is 18.1. The number of benzene rings is 1. The molecule has 2 rings (SSSR count). The SMILES string of the molecule is CCNC(=NCc1cccc(COCCOCC)c1)N1CC(C)C(C(=O)OC)C1. The van der Waals surface area contributed by atoms with Crippen molar-refractivity contribution in [2.24, 2.45) is 16.8 Å². The van der Waals surface area contributed by atoms with E-state index in [1.165, 1.54) is 7.11 Å². The highest BCUT2D eigenvalue weighted by atomic mass is 16.5. The van der Waals surface area contributed by atoms with Gasteiger partial charge in [0.25, 0.3) is 0 Å². The molecular formula is C22H35N3O4. The zero-order chi connectivity index (χ0) is 21.1. The van der Waals surface area contributed by atoms with E-state index in [0.29, 0.717) is 39.5 Å². The van der Waals surface area contributed by atoms with Gasteiger partial charge in [-0.2, -0.15) is 0 Å². The number of aliphatic imine (C=N–C) groups is 1. The molecule has 0 saturated carbocycles. The van der Waals surface area contributed by atoms with Crippen molar-refractivity contribution in [3.63, 3.8) is 0 Å². The van der Waals surface area contributed by atoms with E-state index in [1.54, 1.807) is 0 Å². The fourth-order valence-electron chi connectivity index (χ4n) is 3.46. The molecule has 0 spiro atoms. The van der Waals surface area contributed by atoms with Gasteiger partial charge in [-0.3, -0.25) is 4.79 Å². The quantitative estimate of drug-likeness (QED) is 0.279. The van der Waals surface area contributed by atoms with Crippen LogP contribution in [0.25, 0.3) is 0 Å². The third-order valence-corrected chi connectivity index (χ3v) is 5.00. The number of methoxy groups -OCH3 is 1. The number of nitrogens with one attached hydrogen (secondary N) is 1. The Morgan fingerprint density at radius 3 is 2.69 bits per heavy atom. The summed E-state index contributed by atoms with van der Waals surface area (Å²) < 4.78 is 15.9. The zero-order valence-electron chi connectivity index (χ0n) is 18.1. The first kappa shape index (κ1) is 23.2. The van der Waals surface area contributed by atoms with Crippen molar-refractivity contribution < 1.29 is 19.0 Å². The summed E-state index contributed by atoms with van der Waals surface area (Å²) in [5.41, 5.74) is 2.25. The number of likely N-dealkylation sites (tertiary alicyclic amines) is 1. The lowest BCUT2D eigenvalue weighted by atomic mass is 9.99. The average molecular weight is 406 g/mol. The Labute approximate surface area is 174 Å². The number of carbonyl (C=O) groups is 1. The summed E-state index contributed by atoms with van der Waals surface area (Å²) in [7, 11) is 1.45. The standard InChI is InChI=1S/C22H35N3O4/c1-5-23-22(25-14-17(3)20(15-25)21(26)27-4)24-13-18-8-7-9-19(12-18)16-29-11-10-28-6-2/h7-9,12,17,20H,5-6,10-11,13-16H2,1-4H3,(H,23,24). The predicted molar refractivity (Wildman–Crippen MR) is 114 cm³/mol. The second-order valence-corrected chi connectivity index (χ2v) is 7.25. The minimum atomic E-state index is -0.145. The summed E-state index contributed by atoms with van der Waals surface area (Å²) in [5, 5.41) is 3.35. The molecule has 1 saturated heterocycles. The fraction of sp³-hybridized carbons (Fsp3) is 0.636. The summed E-state index contributed by atoms with van der Waals surface area (Å²) in [6.45, 7) is 11.4. The van der Waals surface area contributed by atoms with E-state index in [2.05, 4.69) is 35.3 Å². The highest BCUT2D eigenvalue weighted by molar-refractivity contribution is 5.82. The minimum absolute atomic E-state index is 0.110. The van der Waals surface area contributed by atoms with Crippen LogP contribution in [-0.4, -0.2) is 63.4 Å². The lowest BCUT2D eigenvalue weighted by Gasteiger charge is -2.21. The first-order valence-electron chi connectivity index (χ1n) is 10.4. The van der Waals surface area contributed by atoms with Gasteiger partial charge in [0.05, 0.1) is 39.4 Å². The van der Waals surface area contributed by atoms with Crippen LogP contribution in [0.2, 0.25) is 0 Å². The molecular weight excluding hydrogens is 370 g/mol. The summed E-state index contributed by atoms with van der Waals surface area (Å²) in [6, 6.07) is 8.28. The summed E-state index contributed by atoms with van der Waals surface area (Å²) in [4.78, 5) is 18.9. The third kappa shape index (κ3) is 7.33. The molecule has 1 aliphatic heterocycles. The van der Waals surface area contributed by atoms with E-state index in [9.17, 15) is 4.79 Å². The van der Waals surface area contributed by atoms with Gasteiger partial charge in [0.1, 0.15) is 0 Å². The number of nitrogens with zero attached hydrogens (tertiary/aromatic N) is 2. The number of ether oxygens (including phenoxy) is 3. The second kappa shape index (κ2) is 12.4. The van der Waals surface area contributed by atoms with Crippen LogP contribution >= 0.6 is 0 Å². The minimum Gasteiger partial charge on any atom is -0.469 e. The van der Waals surface area contributed by atoms with Gasteiger partial charge in [-0.15, -0.1) is 0 Å². The van der Waals surface area contributed by atoms with Gasteiger partial charge >= 0.3 is 5.97 Å². The highest BCUT2D eigenvalue weighted by Gasteiger charge is 2.36. The van der Waals surface area contributed by atoms with Gasteiger partial charge in [0.2, 0.25) is 0 Å². The normalized spacial score (nSPS) is 19.4. The van der Waals surface area contributed by atoms with Crippen LogP contribution in [0.4, 0.5) is 0 Å². The number of carbonyl (C=O) groups excluding carboxylic acids is 1. The lowest BCUT2D eigenvalue weighted by Crippen LogP contribution is -2.40. The maximum absolute atomic E-state index is 12.0. The molecule has 1 heterocycles. The molecule has 0 amide bonds. The Bertz CT molecular complexity index is 665. The first-order chi connectivity index (χ1) is 14.1. The molecule has 7 heteroatoms. The molecule has 1 fully saturated rings. The molecule has 1 aromatic carbocycles. The monoisotopic (exact) mass is 405 g/mol. The number of guanidine groups is 1. The van der Waals surface area contributed by atoms with Crippen molar-refractivity contribution in [3.8, 4) is 0 Å². The van der Waals surface area contributed by atoms with Crippen molar-refractivity contribution in [2.75, 3.05) is 46.6 Å². The maximum atomic E-state index is 12.0. The molecule has 29 heavy (non-hydrogen) atoms. The number of rotatable bonds is 10. The van der Waals surface area contributed by atoms with Crippen molar-refractivity contribution in [1.82, 2.24) is 10.2 Å². The molecule has 162 valence electrons. The van der Waals surface area contributed by atoms with E-state index in [-0.39, 0.29) is 17.8 Å². The average Bonchev–Trinajstić information content (AvgIpc) is 3.12. The van der Waals surface area contributed by atoms with Gasteiger partial charge in [0, 0.05) is 26.2 Å². The number of hydrogen-bond donors (Lipinski definition) is 1. The third-order valence-electron chi connectivity index (χ3n) is 5.00. The van der Waals surface area contributed by atoms with Gasteiger partial charge in [0.15, 0.2) is 5.96 Å².